The Morgan fingerprint density at radius 2 is 2.50 bits per heavy atom. The molecule has 0 saturated carbocycles. The molecular formula is C7H7N5OS. The molecule has 2 rings (SSSR count). The number of H-pyrrole nitrogens is 1. The van der Waals surface area contributed by atoms with Crippen LogP contribution in [0.2, 0.25) is 0 Å². The molecule has 7 heteroatoms. The van der Waals surface area contributed by atoms with Gasteiger partial charge in [-0.2, -0.15) is 5.10 Å². The highest BCUT2D eigenvalue weighted by atomic mass is 32.1. The Balaban J connectivity index is 1.90. The Labute approximate surface area is 83.5 Å². The monoisotopic (exact) mass is 209 g/mol. The van der Waals surface area contributed by atoms with Gasteiger partial charge in [-0.25, -0.2) is 0 Å². The van der Waals surface area contributed by atoms with Crippen molar-refractivity contribution < 1.29 is 4.79 Å². The minimum absolute atomic E-state index is 0.166. The number of carbonyl (C=O) groups is 1. The molecule has 2 aromatic rings. The van der Waals surface area contributed by atoms with E-state index >= 15 is 0 Å². The number of rotatable bonds is 3. The third kappa shape index (κ3) is 1.94. The lowest BCUT2D eigenvalue weighted by atomic mass is 10.3. The number of nitrogens with zero attached hydrogens (tertiary/aromatic N) is 3. The van der Waals surface area contributed by atoms with Crippen molar-refractivity contribution in [1.82, 2.24) is 25.1 Å². The van der Waals surface area contributed by atoms with Gasteiger partial charge in [0.1, 0.15) is 4.88 Å². The molecule has 6 nitrogen and oxygen atoms in total. The molecule has 0 aliphatic heterocycles. The van der Waals surface area contributed by atoms with Crippen molar-refractivity contribution in [1.29, 1.82) is 0 Å². The van der Waals surface area contributed by atoms with Crippen LogP contribution in [-0.4, -0.2) is 25.7 Å². The summed E-state index contributed by atoms with van der Waals surface area (Å²) in [6.45, 7) is 0.452. The number of aromatic amines is 1. The smallest absolute Gasteiger partial charge is 0.264 e. The lowest BCUT2D eigenvalue weighted by Crippen LogP contribution is -2.21. The average molecular weight is 209 g/mol. The van der Waals surface area contributed by atoms with Crippen molar-refractivity contribution >= 4 is 17.4 Å². The first kappa shape index (κ1) is 8.82. The van der Waals surface area contributed by atoms with Gasteiger partial charge in [0.15, 0.2) is 0 Å². The summed E-state index contributed by atoms with van der Waals surface area (Å²) in [4.78, 5) is 11.9. The van der Waals surface area contributed by atoms with E-state index in [4.69, 9.17) is 0 Å². The predicted molar refractivity (Wildman–Crippen MR) is 49.7 cm³/mol. The Morgan fingerprint density at radius 1 is 1.57 bits per heavy atom. The van der Waals surface area contributed by atoms with Crippen LogP contribution >= 0.6 is 11.5 Å². The van der Waals surface area contributed by atoms with Crippen molar-refractivity contribution in [2.75, 3.05) is 0 Å². The maximum absolute atomic E-state index is 11.4. The molecule has 1 amide bonds. The molecule has 0 radical (unpaired) electrons. The van der Waals surface area contributed by atoms with Crippen LogP contribution in [0.25, 0.3) is 0 Å². The van der Waals surface area contributed by atoms with E-state index in [2.05, 4.69) is 25.1 Å². The summed E-state index contributed by atoms with van der Waals surface area (Å²) in [5, 5.41) is 12.7. The molecule has 0 aliphatic rings. The molecule has 0 aromatic carbocycles. The zero-order valence-electron chi connectivity index (χ0n) is 7.10. The minimum atomic E-state index is -0.166. The van der Waals surface area contributed by atoms with Crippen LogP contribution in [0.4, 0.5) is 0 Å². The fourth-order valence-electron chi connectivity index (χ4n) is 0.911. The Morgan fingerprint density at radius 3 is 3.14 bits per heavy atom. The van der Waals surface area contributed by atoms with Crippen LogP contribution in [0.3, 0.4) is 0 Å². The molecule has 2 heterocycles. The first-order chi connectivity index (χ1) is 6.86. The van der Waals surface area contributed by atoms with Gasteiger partial charge in [0.25, 0.3) is 5.91 Å². The second-order valence-electron chi connectivity index (χ2n) is 2.57. The van der Waals surface area contributed by atoms with Gasteiger partial charge in [-0.15, -0.1) is 5.10 Å². The Hall–Kier alpha value is -1.76. The van der Waals surface area contributed by atoms with Crippen LogP contribution < -0.4 is 5.32 Å². The highest BCUT2D eigenvalue weighted by Crippen LogP contribution is 2.01. The van der Waals surface area contributed by atoms with Crippen molar-refractivity contribution in [3.63, 3.8) is 0 Å². The number of amides is 1. The quantitative estimate of drug-likeness (QED) is 0.755. The minimum Gasteiger partial charge on any atom is -0.347 e. The van der Waals surface area contributed by atoms with E-state index in [1.165, 1.54) is 6.20 Å². The standard InChI is InChI=1S/C7H7N5OS/c13-7(6-4-11-12-14-6)8-1-5-2-9-10-3-5/h2-4H,1H2,(H,8,13)(H,9,10). The van der Waals surface area contributed by atoms with Crippen molar-refractivity contribution in [2.45, 2.75) is 6.54 Å². The average Bonchev–Trinajstić information content (AvgIpc) is 2.87. The third-order valence-corrected chi connectivity index (χ3v) is 2.26. The van der Waals surface area contributed by atoms with Crippen molar-refractivity contribution in [3.8, 4) is 0 Å². The number of aromatic nitrogens is 4. The van der Waals surface area contributed by atoms with E-state index in [1.807, 2.05) is 0 Å². The lowest BCUT2D eigenvalue weighted by molar-refractivity contribution is 0.0955. The van der Waals surface area contributed by atoms with Crippen LogP contribution in [0, 0.1) is 0 Å². The topological polar surface area (TPSA) is 83.6 Å². The summed E-state index contributed by atoms with van der Waals surface area (Å²) >= 11 is 1.07. The summed E-state index contributed by atoms with van der Waals surface area (Å²) in [5.41, 5.74) is 0.927. The van der Waals surface area contributed by atoms with E-state index in [9.17, 15) is 4.79 Å². The maximum atomic E-state index is 11.4. The number of carbonyl (C=O) groups excluding carboxylic acids is 1. The SMILES string of the molecule is O=C(NCc1cn[nH]c1)c1cnns1. The predicted octanol–water partition coefficient (Wildman–Crippen LogP) is 0.191. The molecule has 0 spiro atoms. The van der Waals surface area contributed by atoms with Gasteiger partial charge < -0.3 is 5.32 Å². The molecule has 0 saturated heterocycles. The molecule has 72 valence electrons. The molecule has 0 bridgehead atoms. The van der Waals surface area contributed by atoms with E-state index < -0.39 is 0 Å². The van der Waals surface area contributed by atoms with Gasteiger partial charge in [0.2, 0.25) is 0 Å². The third-order valence-electron chi connectivity index (χ3n) is 1.59. The molecule has 0 unspecified atom stereocenters. The van der Waals surface area contributed by atoms with Gasteiger partial charge >= 0.3 is 0 Å². The van der Waals surface area contributed by atoms with Crippen LogP contribution in [0.1, 0.15) is 15.2 Å². The van der Waals surface area contributed by atoms with Gasteiger partial charge in [0, 0.05) is 18.3 Å². The zero-order valence-corrected chi connectivity index (χ0v) is 7.91. The fourth-order valence-corrected chi connectivity index (χ4v) is 1.34. The molecular weight excluding hydrogens is 202 g/mol. The first-order valence-electron chi connectivity index (χ1n) is 3.89. The molecule has 2 aromatic heterocycles. The summed E-state index contributed by atoms with van der Waals surface area (Å²) in [5.74, 6) is -0.166. The van der Waals surface area contributed by atoms with E-state index in [0.29, 0.717) is 11.4 Å². The highest BCUT2D eigenvalue weighted by molar-refractivity contribution is 7.07. The molecule has 14 heavy (non-hydrogen) atoms. The van der Waals surface area contributed by atoms with Crippen molar-refractivity contribution in [2.24, 2.45) is 0 Å². The maximum Gasteiger partial charge on any atom is 0.264 e. The Kier molecular flexibility index (Phi) is 2.50. The lowest BCUT2D eigenvalue weighted by Gasteiger charge is -1.98. The van der Waals surface area contributed by atoms with Crippen LogP contribution in [-0.2, 0) is 6.54 Å². The van der Waals surface area contributed by atoms with Gasteiger partial charge in [-0.1, -0.05) is 4.49 Å². The second kappa shape index (κ2) is 3.97. The number of nitrogens with one attached hydrogen (secondary N) is 2. The summed E-state index contributed by atoms with van der Waals surface area (Å²) in [6, 6.07) is 0. The summed E-state index contributed by atoms with van der Waals surface area (Å²) in [6.07, 6.45) is 4.83. The first-order valence-corrected chi connectivity index (χ1v) is 4.67. The van der Waals surface area contributed by atoms with Crippen LogP contribution in [0.5, 0.6) is 0 Å². The molecule has 0 fully saturated rings. The summed E-state index contributed by atoms with van der Waals surface area (Å²) < 4.78 is 3.60. The van der Waals surface area contributed by atoms with Gasteiger partial charge in [-0.3, -0.25) is 9.89 Å². The Bertz CT molecular complexity index is 396. The van der Waals surface area contributed by atoms with E-state index in [0.717, 1.165) is 17.1 Å². The van der Waals surface area contributed by atoms with E-state index in [-0.39, 0.29) is 5.91 Å². The summed E-state index contributed by atoms with van der Waals surface area (Å²) in [7, 11) is 0. The van der Waals surface area contributed by atoms with Crippen molar-refractivity contribution in [3.05, 3.63) is 29.0 Å². The zero-order chi connectivity index (χ0) is 9.80. The van der Waals surface area contributed by atoms with E-state index in [1.54, 1.807) is 12.4 Å². The highest BCUT2D eigenvalue weighted by Gasteiger charge is 2.07. The number of hydrogen-bond donors (Lipinski definition) is 2. The fraction of sp³-hybridized carbons (Fsp3) is 0.143. The second-order valence-corrected chi connectivity index (χ2v) is 3.36. The largest absolute Gasteiger partial charge is 0.347 e. The van der Waals surface area contributed by atoms with Gasteiger partial charge in [0.05, 0.1) is 12.4 Å². The van der Waals surface area contributed by atoms with Gasteiger partial charge in [-0.05, 0) is 11.5 Å². The molecule has 0 aliphatic carbocycles. The molecule has 2 N–H and O–H groups in total. The van der Waals surface area contributed by atoms with Crippen LogP contribution in [0.15, 0.2) is 18.6 Å². The number of hydrogen-bond acceptors (Lipinski definition) is 5. The normalized spacial score (nSPS) is 10.0. The molecule has 0 atom stereocenters.